The van der Waals surface area contributed by atoms with Gasteiger partial charge in [-0.2, -0.15) is 0 Å². The predicted octanol–water partition coefficient (Wildman–Crippen LogP) is 6.05. The summed E-state index contributed by atoms with van der Waals surface area (Å²) >= 11 is 0. The molecule has 0 aliphatic heterocycles. The molecule has 0 aliphatic carbocycles. The van der Waals surface area contributed by atoms with E-state index in [-0.39, 0.29) is 11.9 Å². The van der Waals surface area contributed by atoms with Gasteiger partial charge in [0, 0.05) is 6.07 Å². The van der Waals surface area contributed by atoms with Gasteiger partial charge in [-0.15, -0.1) is 0 Å². The van der Waals surface area contributed by atoms with Crippen molar-refractivity contribution in [2.45, 2.75) is 59.5 Å². The van der Waals surface area contributed by atoms with Gasteiger partial charge in [0.25, 0.3) is 0 Å². The van der Waals surface area contributed by atoms with Gasteiger partial charge in [-0.25, -0.2) is 4.79 Å². The number of benzene rings is 1. The van der Waals surface area contributed by atoms with Crippen LogP contribution in [0, 0.1) is 0 Å². The van der Waals surface area contributed by atoms with Crippen LogP contribution in [0.2, 0.25) is 0 Å². The average Bonchev–Trinajstić information content (AvgIpc) is 2.69. The highest BCUT2D eigenvalue weighted by molar-refractivity contribution is 5.86. The lowest BCUT2D eigenvalue weighted by molar-refractivity contribution is 0.219. The number of rotatable bonds is 12. The minimum absolute atomic E-state index is 0.108. The van der Waals surface area contributed by atoms with Gasteiger partial charge in [-0.3, -0.25) is 0 Å². The van der Waals surface area contributed by atoms with E-state index in [0.717, 1.165) is 19.3 Å². The van der Waals surface area contributed by atoms with E-state index >= 15 is 0 Å². The maximum Gasteiger partial charge on any atom is 0.383 e. The van der Waals surface area contributed by atoms with Gasteiger partial charge in [-0.05, 0) is 51.7 Å². The molecule has 29 heavy (non-hydrogen) atoms. The van der Waals surface area contributed by atoms with Crippen LogP contribution >= 0.6 is 0 Å². The Bertz CT molecular complexity index is 877. The summed E-state index contributed by atoms with van der Waals surface area (Å²) in [6.07, 6.45) is 11.7. The summed E-state index contributed by atoms with van der Waals surface area (Å²) in [5, 5.41) is 0.690. The third-order valence-electron chi connectivity index (χ3n) is 4.03. The normalized spacial score (nSPS) is 11.8. The summed E-state index contributed by atoms with van der Waals surface area (Å²) in [7, 11) is 0. The monoisotopic (exact) mass is 400 g/mol. The molecule has 0 amide bonds. The molecule has 0 fully saturated rings. The summed E-state index contributed by atoms with van der Waals surface area (Å²) in [4.78, 5) is 12.6. The molecular formula is C24H32O5. The van der Waals surface area contributed by atoms with E-state index in [4.69, 9.17) is 18.6 Å². The van der Waals surface area contributed by atoms with Gasteiger partial charge in [0.1, 0.15) is 11.3 Å². The quantitative estimate of drug-likeness (QED) is 0.247. The second-order valence-electron chi connectivity index (χ2n) is 6.91. The molecule has 158 valence electrons. The molecule has 0 aliphatic rings. The lowest BCUT2D eigenvalue weighted by atomic mass is 10.2. The van der Waals surface area contributed by atoms with Gasteiger partial charge in [0.15, 0.2) is 5.75 Å². The molecule has 0 saturated carbocycles. The molecule has 5 heteroatoms. The molecule has 0 unspecified atom stereocenters. The number of hydrogen-bond donors (Lipinski definition) is 0. The lowest BCUT2D eigenvalue weighted by Crippen LogP contribution is -2.14. The van der Waals surface area contributed by atoms with Crippen LogP contribution in [0.15, 0.2) is 51.7 Å². The molecule has 0 radical (unpaired) electrons. The van der Waals surface area contributed by atoms with Crippen molar-refractivity contribution in [1.82, 2.24) is 0 Å². The Balaban J connectivity index is 2.26. The Morgan fingerprint density at radius 2 is 1.59 bits per heavy atom. The molecule has 0 bridgehead atoms. The first-order chi connectivity index (χ1) is 14.1. The van der Waals surface area contributed by atoms with E-state index in [1.165, 1.54) is 0 Å². The molecule has 0 N–H and O–H groups in total. The Kier molecular flexibility index (Phi) is 9.35. The zero-order valence-corrected chi connectivity index (χ0v) is 17.9. The van der Waals surface area contributed by atoms with Gasteiger partial charge >= 0.3 is 5.63 Å². The molecule has 0 saturated heterocycles. The Hall–Kier alpha value is -2.69. The first-order valence-corrected chi connectivity index (χ1v) is 10.4. The fourth-order valence-corrected chi connectivity index (χ4v) is 2.75. The molecule has 2 rings (SSSR count). The highest BCUT2D eigenvalue weighted by Crippen LogP contribution is 2.35. The molecule has 2 aromatic rings. The van der Waals surface area contributed by atoms with Crippen molar-refractivity contribution in [2.75, 3.05) is 13.2 Å². The molecule has 1 aromatic carbocycles. The van der Waals surface area contributed by atoms with Crippen molar-refractivity contribution in [2.24, 2.45) is 0 Å². The largest absolute Gasteiger partial charge is 0.493 e. The van der Waals surface area contributed by atoms with Crippen LogP contribution in [0.1, 0.15) is 53.4 Å². The lowest BCUT2D eigenvalue weighted by Gasteiger charge is -2.16. The zero-order chi connectivity index (χ0) is 21.1. The van der Waals surface area contributed by atoms with Gasteiger partial charge in [-0.1, -0.05) is 38.2 Å². The number of hydrogen-bond acceptors (Lipinski definition) is 5. The van der Waals surface area contributed by atoms with Crippen molar-refractivity contribution in [3.63, 3.8) is 0 Å². The van der Waals surface area contributed by atoms with E-state index in [9.17, 15) is 4.79 Å². The predicted molar refractivity (Wildman–Crippen MR) is 117 cm³/mol. The number of fused-ring (bicyclic) bond motifs is 1. The standard InChI is InChI=1S/C24H32O5/c1-5-7-9-11-15-26-19-13-14-20-21(17-19)29-24(25)23(22(20)28-18(3)4)27-16-12-10-8-6-2/h7-10,13-14,17-18H,5-6,11-12,15-16H2,1-4H3. The zero-order valence-electron chi connectivity index (χ0n) is 17.9. The molecular weight excluding hydrogens is 368 g/mol. The summed E-state index contributed by atoms with van der Waals surface area (Å²) in [5.74, 6) is 1.19. The molecule has 0 spiro atoms. The first kappa shape index (κ1) is 22.6. The van der Waals surface area contributed by atoms with Crippen molar-refractivity contribution in [1.29, 1.82) is 0 Å². The van der Waals surface area contributed by atoms with E-state index < -0.39 is 5.63 Å². The fraction of sp³-hybridized carbons (Fsp3) is 0.458. The maximum absolute atomic E-state index is 12.6. The van der Waals surface area contributed by atoms with E-state index in [0.29, 0.717) is 42.1 Å². The van der Waals surface area contributed by atoms with E-state index in [2.05, 4.69) is 32.1 Å². The number of allylic oxidation sites excluding steroid dienone is 2. The van der Waals surface area contributed by atoms with Crippen LogP contribution in [0.4, 0.5) is 0 Å². The topological polar surface area (TPSA) is 57.9 Å². The van der Waals surface area contributed by atoms with Crippen molar-refractivity contribution >= 4 is 11.0 Å². The van der Waals surface area contributed by atoms with E-state index in [1.54, 1.807) is 6.07 Å². The summed E-state index contributed by atoms with van der Waals surface area (Å²) in [6, 6.07) is 5.42. The summed E-state index contributed by atoms with van der Waals surface area (Å²) in [6.45, 7) is 8.94. The Labute approximate surface area is 173 Å². The fourth-order valence-electron chi connectivity index (χ4n) is 2.75. The first-order valence-electron chi connectivity index (χ1n) is 10.4. The third kappa shape index (κ3) is 7.00. The second-order valence-corrected chi connectivity index (χ2v) is 6.91. The third-order valence-corrected chi connectivity index (χ3v) is 4.03. The minimum atomic E-state index is -0.546. The number of ether oxygens (including phenoxy) is 3. The minimum Gasteiger partial charge on any atom is -0.493 e. The SMILES string of the molecule is CCC=CCCOc1ccc2c(OC(C)C)c(OCCC=CCC)c(=O)oc2c1. The van der Waals surface area contributed by atoms with Crippen LogP contribution in [-0.4, -0.2) is 19.3 Å². The Morgan fingerprint density at radius 1 is 0.931 bits per heavy atom. The Morgan fingerprint density at radius 3 is 2.21 bits per heavy atom. The smallest absolute Gasteiger partial charge is 0.383 e. The van der Waals surface area contributed by atoms with Crippen molar-refractivity contribution < 1.29 is 18.6 Å². The van der Waals surface area contributed by atoms with E-state index in [1.807, 2.05) is 32.1 Å². The van der Waals surface area contributed by atoms with Crippen LogP contribution in [0.25, 0.3) is 11.0 Å². The average molecular weight is 401 g/mol. The highest BCUT2D eigenvalue weighted by Gasteiger charge is 2.19. The molecule has 1 heterocycles. The highest BCUT2D eigenvalue weighted by atomic mass is 16.5. The van der Waals surface area contributed by atoms with Crippen LogP contribution in [-0.2, 0) is 0 Å². The molecule has 5 nitrogen and oxygen atoms in total. The van der Waals surface area contributed by atoms with Crippen molar-refractivity contribution in [3.05, 3.63) is 52.9 Å². The van der Waals surface area contributed by atoms with Gasteiger partial charge in [0.05, 0.1) is 24.7 Å². The van der Waals surface area contributed by atoms with Gasteiger partial charge < -0.3 is 18.6 Å². The molecule has 1 aromatic heterocycles. The van der Waals surface area contributed by atoms with Crippen LogP contribution < -0.4 is 19.8 Å². The second kappa shape index (κ2) is 12.0. The molecule has 0 atom stereocenters. The summed E-state index contributed by atoms with van der Waals surface area (Å²) < 4.78 is 22.9. The van der Waals surface area contributed by atoms with Crippen LogP contribution in [0.5, 0.6) is 17.2 Å². The maximum atomic E-state index is 12.6. The summed E-state index contributed by atoms with van der Waals surface area (Å²) in [5.41, 5.74) is -0.124. The van der Waals surface area contributed by atoms with Crippen molar-refractivity contribution in [3.8, 4) is 17.2 Å². The van der Waals surface area contributed by atoms with Gasteiger partial charge in [0.2, 0.25) is 5.75 Å². The van der Waals surface area contributed by atoms with Crippen LogP contribution in [0.3, 0.4) is 0 Å².